The van der Waals surface area contributed by atoms with Gasteiger partial charge in [0, 0.05) is 7.05 Å². The maximum atomic E-state index is 11.7. The zero-order valence-electron chi connectivity index (χ0n) is 7.91. The van der Waals surface area contributed by atoms with E-state index in [4.69, 9.17) is 11.6 Å². The summed E-state index contributed by atoms with van der Waals surface area (Å²) < 4.78 is 1.33. The number of halogens is 1. The third kappa shape index (κ3) is 1.30. The molecule has 1 aromatic heterocycles. The fraction of sp³-hybridized carbons (Fsp3) is 0.200. The quantitative estimate of drug-likeness (QED) is 0.620. The van der Waals surface area contributed by atoms with Crippen LogP contribution in [0.2, 0.25) is 5.28 Å². The van der Waals surface area contributed by atoms with Gasteiger partial charge in [0.2, 0.25) is 5.28 Å². The van der Waals surface area contributed by atoms with Crippen LogP contribution in [0, 0.1) is 6.92 Å². The van der Waals surface area contributed by atoms with E-state index in [1.807, 2.05) is 19.1 Å². The molecule has 0 aliphatic heterocycles. The molecule has 0 aliphatic carbocycles. The Balaban J connectivity index is 2.98. The third-order valence-corrected chi connectivity index (χ3v) is 2.52. The predicted molar refractivity (Wildman–Crippen MR) is 56.7 cm³/mol. The second kappa shape index (κ2) is 3.10. The monoisotopic (exact) mass is 208 g/mol. The zero-order valence-corrected chi connectivity index (χ0v) is 8.67. The first-order chi connectivity index (χ1) is 6.59. The number of hydrogen-bond acceptors (Lipinski definition) is 2. The van der Waals surface area contributed by atoms with Crippen molar-refractivity contribution < 1.29 is 0 Å². The molecule has 0 saturated heterocycles. The molecule has 0 radical (unpaired) electrons. The van der Waals surface area contributed by atoms with E-state index in [1.165, 1.54) is 4.57 Å². The van der Waals surface area contributed by atoms with Crippen molar-refractivity contribution in [3.8, 4) is 0 Å². The van der Waals surface area contributed by atoms with Gasteiger partial charge in [-0.1, -0.05) is 6.07 Å². The molecule has 2 aromatic rings. The van der Waals surface area contributed by atoms with Crippen LogP contribution < -0.4 is 5.56 Å². The van der Waals surface area contributed by atoms with E-state index in [2.05, 4.69) is 4.98 Å². The highest BCUT2D eigenvalue weighted by Gasteiger charge is 2.05. The molecule has 0 atom stereocenters. The van der Waals surface area contributed by atoms with Gasteiger partial charge in [0.05, 0.1) is 10.9 Å². The van der Waals surface area contributed by atoms with Crippen LogP contribution in [0.25, 0.3) is 10.9 Å². The summed E-state index contributed by atoms with van der Waals surface area (Å²) in [6.07, 6.45) is 0. The van der Waals surface area contributed by atoms with Crippen molar-refractivity contribution in [3.63, 3.8) is 0 Å². The van der Waals surface area contributed by atoms with Crippen molar-refractivity contribution >= 4 is 22.5 Å². The van der Waals surface area contributed by atoms with Crippen LogP contribution in [-0.4, -0.2) is 9.55 Å². The van der Waals surface area contributed by atoms with Crippen LogP contribution in [0.3, 0.4) is 0 Å². The molecule has 0 amide bonds. The lowest BCUT2D eigenvalue weighted by Crippen LogP contribution is -2.18. The number of benzene rings is 1. The Hall–Kier alpha value is -1.35. The number of nitrogens with zero attached hydrogens (tertiary/aromatic N) is 2. The average Bonchev–Trinajstić information content (AvgIpc) is 2.14. The molecule has 0 bridgehead atoms. The molecule has 1 heterocycles. The first-order valence-corrected chi connectivity index (χ1v) is 4.60. The normalized spacial score (nSPS) is 10.8. The van der Waals surface area contributed by atoms with Crippen LogP contribution in [0.5, 0.6) is 0 Å². The Kier molecular flexibility index (Phi) is 2.04. The average molecular weight is 209 g/mol. The highest BCUT2D eigenvalue weighted by molar-refractivity contribution is 6.28. The number of aryl methyl sites for hydroxylation is 1. The van der Waals surface area contributed by atoms with Crippen molar-refractivity contribution in [1.29, 1.82) is 0 Å². The topological polar surface area (TPSA) is 34.9 Å². The van der Waals surface area contributed by atoms with Crippen LogP contribution in [0.4, 0.5) is 0 Å². The van der Waals surface area contributed by atoms with E-state index in [-0.39, 0.29) is 10.8 Å². The third-order valence-electron chi connectivity index (χ3n) is 2.18. The van der Waals surface area contributed by atoms with E-state index in [9.17, 15) is 4.79 Å². The second-order valence-electron chi connectivity index (χ2n) is 3.27. The van der Waals surface area contributed by atoms with Gasteiger partial charge in [0.15, 0.2) is 0 Å². The summed E-state index contributed by atoms with van der Waals surface area (Å²) >= 11 is 5.80. The van der Waals surface area contributed by atoms with Gasteiger partial charge in [-0.3, -0.25) is 9.36 Å². The van der Waals surface area contributed by atoms with Gasteiger partial charge < -0.3 is 0 Å². The van der Waals surface area contributed by atoms with Crippen molar-refractivity contribution in [2.45, 2.75) is 6.92 Å². The summed E-state index contributed by atoms with van der Waals surface area (Å²) in [5.74, 6) is 0. The van der Waals surface area contributed by atoms with Crippen LogP contribution in [0.1, 0.15) is 5.56 Å². The summed E-state index contributed by atoms with van der Waals surface area (Å²) in [5.41, 5.74) is 1.60. The first-order valence-electron chi connectivity index (χ1n) is 4.22. The highest BCUT2D eigenvalue weighted by Crippen LogP contribution is 2.12. The molecule has 0 spiro atoms. The second-order valence-corrected chi connectivity index (χ2v) is 3.60. The molecule has 0 fully saturated rings. The van der Waals surface area contributed by atoms with Gasteiger partial charge in [-0.05, 0) is 36.2 Å². The number of aromatic nitrogens is 2. The lowest BCUT2D eigenvalue weighted by atomic mass is 10.2. The van der Waals surface area contributed by atoms with Crippen molar-refractivity contribution in [1.82, 2.24) is 9.55 Å². The lowest BCUT2D eigenvalue weighted by molar-refractivity contribution is 0.844. The summed E-state index contributed by atoms with van der Waals surface area (Å²) in [6, 6.07) is 5.51. The van der Waals surface area contributed by atoms with E-state index >= 15 is 0 Å². The smallest absolute Gasteiger partial charge is 0.262 e. The molecule has 14 heavy (non-hydrogen) atoms. The molecule has 0 unspecified atom stereocenters. The molecule has 1 aromatic carbocycles. The SMILES string of the molecule is Cc1ccc2c(=O)n(C)c(Cl)nc2c1. The maximum absolute atomic E-state index is 11.7. The van der Waals surface area contributed by atoms with Gasteiger partial charge in [-0.15, -0.1) is 0 Å². The van der Waals surface area contributed by atoms with Gasteiger partial charge >= 0.3 is 0 Å². The standard InChI is InChI=1S/C10H9ClN2O/c1-6-3-4-7-8(5-6)12-10(11)13(2)9(7)14/h3-5H,1-2H3. The predicted octanol–water partition coefficient (Wildman–Crippen LogP) is 1.90. The maximum Gasteiger partial charge on any atom is 0.262 e. The summed E-state index contributed by atoms with van der Waals surface area (Å²) in [5, 5.41) is 0.815. The molecule has 0 N–H and O–H groups in total. The summed E-state index contributed by atoms with van der Waals surface area (Å²) in [7, 11) is 1.61. The largest absolute Gasteiger partial charge is 0.286 e. The van der Waals surface area contributed by atoms with E-state index < -0.39 is 0 Å². The van der Waals surface area contributed by atoms with Crippen LogP contribution >= 0.6 is 11.6 Å². The fourth-order valence-corrected chi connectivity index (χ4v) is 1.52. The van der Waals surface area contributed by atoms with Crippen molar-refractivity contribution in [2.75, 3.05) is 0 Å². The van der Waals surface area contributed by atoms with Gasteiger partial charge in [0.25, 0.3) is 5.56 Å². The zero-order chi connectivity index (χ0) is 10.3. The lowest BCUT2D eigenvalue weighted by Gasteiger charge is -2.03. The molecule has 0 aliphatic rings. The number of rotatable bonds is 0. The number of hydrogen-bond donors (Lipinski definition) is 0. The molecule has 2 rings (SSSR count). The van der Waals surface area contributed by atoms with E-state index in [0.717, 1.165) is 5.56 Å². The summed E-state index contributed by atoms with van der Waals surface area (Å²) in [6.45, 7) is 1.95. The highest BCUT2D eigenvalue weighted by atomic mass is 35.5. The van der Waals surface area contributed by atoms with Gasteiger partial charge in [0.1, 0.15) is 0 Å². The van der Waals surface area contributed by atoms with Crippen molar-refractivity contribution in [2.24, 2.45) is 7.05 Å². The minimum atomic E-state index is -0.111. The first kappa shape index (κ1) is 9.21. The van der Waals surface area contributed by atoms with E-state index in [0.29, 0.717) is 10.9 Å². The van der Waals surface area contributed by atoms with Crippen LogP contribution in [-0.2, 0) is 7.05 Å². The minimum absolute atomic E-state index is 0.111. The Morgan fingerprint density at radius 3 is 2.86 bits per heavy atom. The van der Waals surface area contributed by atoms with E-state index in [1.54, 1.807) is 13.1 Å². The molecule has 0 saturated carbocycles. The van der Waals surface area contributed by atoms with Gasteiger partial charge in [-0.25, -0.2) is 4.98 Å². The minimum Gasteiger partial charge on any atom is -0.286 e. The Morgan fingerprint density at radius 2 is 2.14 bits per heavy atom. The molecular formula is C10H9ClN2O. The number of fused-ring (bicyclic) bond motifs is 1. The van der Waals surface area contributed by atoms with Crippen molar-refractivity contribution in [3.05, 3.63) is 39.4 Å². The van der Waals surface area contributed by atoms with Gasteiger partial charge in [-0.2, -0.15) is 0 Å². The fourth-order valence-electron chi connectivity index (χ4n) is 1.35. The summed E-state index contributed by atoms with van der Waals surface area (Å²) in [4.78, 5) is 15.8. The molecule has 3 nitrogen and oxygen atoms in total. The van der Waals surface area contributed by atoms with Crippen LogP contribution in [0.15, 0.2) is 23.0 Å². The Labute approximate surface area is 86.0 Å². The molecular weight excluding hydrogens is 200 g/mol. The Morgan fingerprint density at radius 1 is 1.43 bits per heavy atom. The molecule has 72 valence electrons. The molecule has 4 heteroatoms. The Bertz CT molecular complexity index is 560.